The highest BCUT2D eigenvalue weighted by molar-refractivity contribution is 6.30. The fraction of sp³-hybridized carbons (Fsp3) is 0.333. The second kappa shape index (κ2) is 7.48. The summed E-state index contributed by atoms with van der Waals surface area (Å²) in [6.07, 6.45) is 0.963. The molecule has 0 saturated carbocycles. The van der Waals surface area contributed by atoms with E-state index in [1.807, 2.05) is 51.2 Å². The number of nitrogens with one attached hydrogen (secondary N) is 1. The Morgan fingerprint density at radius 1 is 1.14 bits per heavy atom. The maximum atomic E-state index is 6.13. The summed E-state index contributed by atoms with van der Waals surface area (Å²) < 4.78 is 6.05. The molecule has 0 spiro atoms. The molecule has 0 saturated heterocycles. The van der Waals surface area contributed by atoms with Gasteiger partial charge in [-0.3, -0.25) is 0 Å². The normalized spacial score (nSPS) is 15.7. The van der Waals surface area contributed by atoms with Gasteiger partial charge >= 0.3 is 0 Å². The molecule has 0 aromatic heterocycles. The number of para-hydroxylation sites is 1. The van der Waals surface area contributed by atoms with Gasteiger partial charge in [0.2, 0.25) is 0 Å². The molecule has 21 heavy (non-hydrogen) atoms. The van der Waals surface area contributed by atoms with Crippen molar-refractivity contribution < 1.29 is 4.74 Å². The average molecular weight is 304 g/mol. The van der Waals surface area contributed by atoms with E-state index in [0.29, 0.717) is 5.92 Å². The molecule has 2 aromatic rings. The summed E-state index contributed by atoms with van der Waals surface area (Å²) in [4.78, 5) is 0. The van der Waals surface area contributed by atoms with E-state index in [9.17, 15) is 0 Å². The van der Waals surface area contributed by atoms with Crippen LogP contribution in [0.4, 0.5) is 0 Å². The summed E-state index contributed by atoms with van der Waals surface area (Å²) in [6, 6.07) is 14.1. The molecule has 3 rings (SSSR count). The predicted octanol–water partition coefficient (Wildman–Crippen LogP) is 5.02. The van der Waals surface area contributed by atoms with Gasteiger partial charge in [-0.2, -0.15) is 0 Å². The third-order valence-corrected chi connectivity index (χ3v) is 3.76. The third-order valence-electron chi connectivity index (χ3n) is 3.52. The van der Waals surface area contributed by atoms with Crippen LogP contribution in [-0.4, -0.2) is 13.6 Å². The molecule has 0 radical (unpaired) electrons. The van der Waals surface area contributed by atoms with Crippen molar-refractivity contribution in [3.63, 3.8) is 0 Å². The number of ether oxygens (including phenoxy) is 1. The molecule has 0 amide bonds. The lowest BCUT2D eigenvalue weighted by atomic mass is 9.92. The minimum absolute atomic E-state index is 0.377. The van der Waals surface area contributed by atoms with Crippen LogP contribution < -0.4 is 10.1 Å². The molecule has 1 aliphatic heterocycles. The SMILES string of the molecule is CC.CNC[C@@H]1Cc2ccccc2Oc2ccc(Cl)cc21. The van der Waals surface area contributed by atoms with Crippen LogP contribution in [0.15, 0.2) is 42.5 Å². The van der Waals surface area contributed by atoms with Crippen LogP contribution in [0, 0.1) is 0 Å². The Hall–Kier alpha value is -1.51. The van der Waals surface area contributed by atoms with E-state index in [1.165, 1.54) is 11.1 Å². The van der Waals surface area contributed by atoms with Gasteiger partial charge in [-0.15, -0.1) is 0 Å². The van der Waals surface area contributed by atoms with Crippen molar-refractivity contribution in [2.45, 2.75) is 26.2 Å². The van der Waals surface area contributed by atoms with Crippen molar-refractivity contribution in [3.05, 3.63) is 58.6 Å². The van der Waals surface area contributed by atoms with Crippen molar-refractivity contribution in [1.82, 2.24) is 5.32 Å². The maximum Gasteiger partial charge on any atom is 0.131 e. The topological polar surface area (TPSA) is 21.3 Å². The van der Waals surface area contributed by atoms with Crippen molar-refractivity contribution in [2.75, 3.05) is 13.6 Å². The Labute approximate surface area is 132 Å². The number of benzene rings is 2. The van der Waals surface area contributed by atoms with Crippen molar-refractivity contribution in [3.8, 4) is 11.5 Å². The predicted molar refractivity (Wildman–Crippen MR) is 89.7 cm³/mol. The number of likely N-dealkylation sites (N-methyl/N-ethyl adjacent to an activating group) is 1. The molecule has 3 heteroatoms. The molecule has 0 unspecified atom stereocenters. The highest BCUT2D eigenvalue weighted by atomic mass is 35.5. The maximum absolute atomic E-state index is 6.13. The van der Waals surface area contributed by atoms with E-state index in [2.05, 4.69) is 17.4 Å². The third kappa shape index (κ3) is 3.58. The van der Waals surface area contributed by atoms with Crippen molar-refractivity contribution >= 4 is 11.6 Å². The first-order valence-corrected chi connectivity index (χ1v) is 7.85. The molecule has 1 heterocycles. The zero-order valence-electron chi connectivity index (χ0n) is 12.8. The number of rotatable bonds is 2. The van der Waals surface area contributed by atoms with Crippen LogP contribution in [0.1, 0.15) is 30.9 Å². The summed E-state index contributed by atoms with van der Waals surface area (Å²) in [7, 11) is 1.97. The van der Waals surface area contributed by atoms with Crippen LogP contribution in [0.2, 0.25) is 5.02 Å². The quantitative estimate of drug-likeness (QED) is 0.841. The molecule has 1 atom stereocenters. The lowest BCUT2D eigenvalue weighted by Crippen LogP contribution is -2.18. The molecule has 0 fully saturated rings. The Bertz CT molecular complexity index is 598. The smallest absolute Gasteiger partial charge is 0.131 e. The number of fused-ring (bicyclic) bond motifs is 2. The van der Waals surface area contributed by atoms with Crippen LogP contribution in [0.3, 0.4) is 0 Å². The Balaban J connectivity index is 0.000000774. The molecule has 2 nitrogen and oxygen atoms in total. The Morgan fingerprint density at radius 2 is 1.90 bits per heavy atom. The minimum Gasteiger partial charge on any atom is -0.457 e. The van der Waals surface area contributed by atoms with Gasteiger partial charge in [0.25, 0.3) is 0 Å². The van der Waals surface area contributed by atoms with E-state index in [-0.39, 0.29) is 0 Å². The van der Waals surface area contributed by atoms with Gasteiger partial charge in [0.1, 0.15) is 11.5 Å². The van der Waals surface area contributed by atoms with Gasteiger partial charge in [-0.05, 0) is 43.3 Å². The second-order valence-corrected chi connectivity index (χ2v) is 5.29. The van der Waals surface area contributed by atoms with E-state index >= 15 is 0 Å². The average Bonchev–Trinajstić information content (AvgIpc) is 2.66. The van der Waals surface area contributed by atoms with Crippen molar-refractivity contribution in [1.29, 1.82) is 0 Å². The van der Waals surface area contributed by atoms with Gasteiger partial charge in [-0.1, -0.05) is 43.6 Å². The molecule has 0 aliphatic carbocycles. The summed E-state index contributed by atoms with van der Waals surface area (Å²) in [5.74, 6) is 2.24. The van der Waals surface area contributed by atoms with Crippen molar-refractivity contribution in [2.24, 2.45) is 0 Å². The van der Waals surface area contributed by atoms with Crippen LogP contribution >= 0.6 is 11.6 Å². The summed E-state index contributed by atoms with van der Waals surface area (Å²) in [6.45, 7) is 4.91. The molecule has 1 N–H and O–H groups in total. The number of hydrogen-bond acceptors (Lipinski definition) is 2. The van der Waals surface area contributed by atoms with Crippen LogP contribution in [0.5, 0.6) is 11.5 Å². The van der Waals surface area contributed by atoms with Gasteiger partial charge in [-0.25, -0.2) is 0 Å². The summed E-state index contributed by atoms with van der Waals surface area (Å²) in [5.41, 5.74) is 2.42. The van der Waals surface area contributed by atoms with E-state index in [4.69, 9.17) is 16.3 Å². The molecule has 2 aromatic carbocycles. The zero-order chi connectivity index (χ0) is 15.2. The fourth-order valence-corrected chi connectivity index (χ4v) is 2.81. The van der Waals surface area contributed by atoms with Gasteiger partial charge in [0.15, 0.2) is 0 Å². The van der Waals surface area contributed by atoms with Gasteiger partial charge < -0.3 is 10.1 Å². The molecule has 112 valence electrons. The summed E-state index contributed by atoms with van der Waals surface area (Å²) >= 11 is 6.13. The number of halogens is 1. The standard InChI is InChI=1S/C16H16ClNO.C2H6/c1-18-10-12-8-11-4-2-3-5-15(11)19-16-7-6-13(17)9-14(12)16;1-2/h2-7,9,12,18H,8,10H2,1H3;1-2H3/t12-;/m0./s1. The molecular formula is C18H22ClNO. The largest absolute Gasteiger partial charge is 0.457 e. The van der Waals surface area contributed by atoms with Gasteiger partial charge in [0.05, 0.1) is 0 Å². The molecule has 0 bridgehead atoms. The molecule has 1 aliphatic rings. The number of hydrogen-bond donors (Lipinski definition) is 1. The second-order valence-electron chi connectivity index (χ2n) is 4.85. The monoisotopic (exact) mass is 303 g/mol. The van der Waals surface area contributed by atoms with E-state index in [1.54, 1.807) is 0 Å². The zero-order valence-corrected chi connectivity index (χ0v) is 13.6. The van der Waals surface area contributed by atoms with Crippen LogP contribution in [-0.2, 0) is 6.42 Å². The Morgan fingerprint density at radius 3 is 2.67 bits per heavy atom. The van der Waals surface area contributed by atoms with E-state index < -0.39 is 0 Å². The first-order chi connectivity index (χ1) is 10.3. The first kappa shape index (κ1) is 15.9. The Kier molecular flexibility index (Phi) is 5.66. The van der Waals surface area contributed by atoms with Crippen LogP contribution in [0.25, 0.3) is 0 Å². The lowest BCUT2D eigenvalue weighted by molar-refractivity contribution is 0.477. The summed E-state index contributed by atoms with van der Waals surface area (Å²) in [5, 5.41) is 4.02. The minimum atomic E-state index is 0.377. The van der Waals surface area contributed by atoms with Gasteiger partial charge in [0, 0.05) is 23.0 Å². The highest BCUT2D eigenvalue weighted by Gasteiger charge is 2.23. The highest BCUT2D eigenvalue weighted by Crippen LogP contribution is 2.40. The lowest BCUT2D eigenvalue weighted by Gasteiger charge is -2.16. The first-order valence-electron chi connectivity index (χ1n) is 7.47. The van der Waals surface area contributed by atoms with E-state index in [0.717, 1.165) is 29.5 Å². The fourth-order valence-electron chi connectivity index (χ4n) is 2.63. The molecular weight excluding hydrogens is 282 g/mol.